The van der Waals surface area contributed by atoms with Gasteiger partial charge < -0.3 is 46.8 Å². The van der Waals surface area contributed by atoms with Crippen LogP contribution in [0.4, 0.5) is 9.59 Å². The second-order valence-corrected chi connectivity index (χ2v) is 19.2. The van der Waals surface area contributed by atoms with Gasteiger partial charge in [-0.3, -0.25) is 33.6 Å². The summed E-state index contributed by atoms with van der Waals surface area (Å²) in [5.41, 5.74) is -1.37. The minimum absolute atomic E-state index is 0.0396. The van der Waals surface area contributed by atoms with E-state index in [0.29, 0.717) is 62.5 Å². The number of amides is 7. The second-order valence-electron chi connectivity index (χ2n) is 16.0. The molecule has 21 nitrogen and oxygen atoms in total. The molecule has 0 spiro atoms. The maximum Gasteiger partial charge on any atom is 0.330 e. The van der Waals surface area contributed by atoms with E-state index in [9.17, 15) is 38.5 Å². The number of carbonyl (C=O) groups is 5. The minimum Gasteiger partial charge on any atom is -0.361 e. The van der Waals surface area contributed by atoms with Crippen molar-refractivity contribution in [2.45, 2.75) is 110 Å². The molecule has 24 heteroatoms. The van der Waals surface area contributed by atoms with Gasteiger partial charge in [-0.05, 0) is 31.8 Å². The molecule has 9 atom stereocenters. The lowest BCUT2D eigenvalue weighted by atomic mass is 10.0. The minimum atomic E-state index is -0.792. The number of hydrogen-bond acceptors (Lipinski definition) is 15. The molecule has 1 aromatic heterocycles. The van der Waals surface area contributed by atoms with Gasteiger partial charge >= 0.3 is 17.8 Å². The molecule has 62 heavy (non-hydrogen) atoms. The monoisotopic (exact) mass is 923 g/mol. The molecular formula is C38H57N11O10S3. The first-order valence-corrected chi connectivity index (χ1v) is 23.8. The summed E-state index contributed by atoms with van der Waals surface area (Å²) in [5, 5.41) is 23.3. The molecule has 8 N–H and O–H groups in total. The van der Waals surface area contributed by atoms with Crippen LogP contribution in [0.3, 0.4) is 0 Å². The van der Waals surface area contributed by atoms with Crippen molar-refractivity contribution in [2.75, 3.05) is 57.4 Å². The zero-order valence-electron chi connectivity index (χ0n) is 34.3. The molecule has 9 unspecified atom stereocenters. The van der Waals surface area contributed by atoms with Crippen molar-refractivity contribution in [3.63, 3.8) is 0 Å². The zero-order valence-corrected chi connectivity index (χ0v) is 36.9. The summed E-state index contributed by atoms with van der Waals surface area (Å²) in [5.74, 6) is 1.19. The van der Waals surface area contributed by atoms with Gasteiger partial charge in [-0.25, -0.2) is 14.4 Å². The Labute approximate surface area is 372 Å². The van der Waals surface area contributed by atoms with Crippen molar-refractivity contribution >= 4 is 72.0 Å². The Bertz CT molecular complexity index is 1840. The number of unbranched alkanes of at least 4 members (excludes halogenated alkanes) is 2. The molecule has 1 aromatic rings. The van der Waals surface area contributed by atoms with Crippen molar-refractivity contribution in [3.05, 3.63) is 43.6 Å². The summed E-state index contributed by atoms with van der Waals surface area (Å²) < 4.78 is 6.97. The van der Waals surface area contributed by atoms with Gasteiger partial charge in [-0.1, -0.05) is 12.8 Å². The van der Waals surface area contributed by atoms with Gasteiger partial charge in [0.15, 0.2) is 5.34 Å². The predicted molar refractivity (Wildman–Crippen MR) is 237 cm³/mol. The van der Waals surface area contributed by atoms with Crippen LogP contribution in [-0.4, -0.2) is 148 Å². The molecule has 5 aliphatic heterocycles. The molecule has 5 saturated heterocycles. The van der Waals surface area contributed by atoms with E-state index in [0.717, 1.165) is 50.0 Å². The van der Waals surface area contributed by atoms with Gasteiger partial charge in [-0.2, -0.15) is 36.2 Å². The van der Waals surface area contributed by atoms with E-state index in [1.807, 2.05) is 28.4 Å². The Balaban J connectivity index is 0.925. The van der Waals surface area contributed by atoms with E-state index in [-0.39, 0.29) is 72.0 Å². The molecule has 0 aliphatic carbocycles. The van der Waals surface area contributed by atoms with E-state index in [1.54, 1.807) is 0 Å². The second kappa shape index (κ2) is 23.4. The van der Waals surface area contributed by atoms with Crippen LogP contribution in [0.25, 0.3) is 6.08 Å². The van der Waals surface area contributed by atoms with Crippen molar-refractivity contribution in [1.82, 2.24) is 51.7 Å². The van der Waals surface area contributed by atoms with Gasteiger partial charge in [-0.15, -0.1) is 4.91 Å². The number of fused-ring (bicyclic) bond motifs is 2. The summed E-state index contributed by atoms with van der Waals surface area (Å²) in [6.45, 7) is 2.18. The van der Waals surface area contributed by atoms with Gasteiger partial charge in [0.05, 0.1) is 29.7 Å². The summed E-state index contributed by atoms with van der Waals surface area (Å²) in [6, 6.07) is 0.400. The fourth-order valence-electron chi connectivity index (χ4n) is 8.30. The number of thioether (sulfide) groups is 2. The first kappa shape index (κ1) is 47.2. The van der Waals surface area contributed by atoms with E-state index in [4.69, 9.17) is 4.74 Å². The van der Waals surface area contributed by atoms with Gasteiger partial charge in [0.2, 0.25) is 17.7 Å². The number of urea groups is 2. The molecule has 7 amide bonds. The highest BCUT2D eigenvalue weighted by molar-refractivity contribution is 8.00. The molecular weight excluding hydrogens is 867 g/mol. The smallest absolute Gasteiger partial charge is 0.330 e. The van der Waals surface area contributed by atoms with E-state index < -0.39 is 29.5 Å². The number of hydrogen-bond donors (Lipinski definition) is 9. The topological polar surface area (TPSA) is 276 Å². The molecule has 5 aliphatic rings. The Hall–Kier alpha value is -4.26. The van der Waals surface area contributed by atoms with Gasteiger partial charge in [0.25, 0.3) is 5.56 Å². The third-order valence-corrected chi connectivity index (χ3v) is 15.2. The van der Waals surface area contributed by atoms with E-state index >= 15 is 0 Å². The van der Waals surface area contributed by atoms with E-state index in [1.165, 1.54) is 22.9 Å². The quantitative estimate of drug-likeness (QED) is 0.0156. The molecule has 0 bridgehead atoms. The molecule has 5 fully saturated rings. The van der Waals surface area contributed by atoms with E-state index in [2.05, 4.69) is 65.0 Å². The average Bonchev–Trinajstić information content (AvgIpc) is 4.06. The van der Waals surface area contributed by atoms with Crippen molar-refractivity contribution in [3.8, 4) is 0 Å². The lowest BCUT2D eigenvalue weighted by molar-refractivity contribution is -0.121. The number of carbonyl (C=O) groups excluding carboxylic acids is 5. The fraction of sp³-hybridized carbons (Fsp3) is 0.711. The van der Waals surface area contributed by atoms with Crippen LogP contribution in [0.5, 0.6) is 0 Å². The SMILES string of the molecule is O=NOCC1OC(n2cc(/C=C/C(=O)NCCN(CCNC(=O)CCCCC3SCC4NC(=O)NC43)CCNC(=O)CCCCC3SCC4NC(=O)NC43)c(=O)[nH]c2=O)CC1S. The van der Waals surface area contributed by atoms with Crippen LogP contribution in [0.2, 0.25) is 0 Å². The number of aromatic nitrogens is 2. The number of aromatic amines is 1. The third kappa shape index (κ3) is 13.6. The Morgan fingerprint density at radius 1 is 0.855 bits per heavy atom. The highest BCUT2D eigenvalue weighted by Gasteiger charge is 2.43. The van der Waals surface area contributed by atoms with Crippen LogP contribution in [0, 0.1) is 4.91 Å². The lowest BCUT2D eigenvalue weighted by Crippen LogP contribution is -2.42. The highest BCUT2D eigenvalue weighted by Crippen LogP contribution is 2.34. The molecule has 0 aromatic carbocycles. The number of thiol groups is 1. The van der Waals surface area contributed by atoms with Crippen molar-refractivity contribution in [2.24, 2.45) is 5.34 Å². The largest absolute Gasteiger partial charge is 0.361 e. The molecule has 0 saturated carbocycles. The fourth-order valence-corrected chi connectivity index (χ4v) is 11.7. The summed E-state index contributed by atoms with van der Waals surface area (Å²) in [4.78, 5) is 106. The van der Waals surface area contributed by atoms with Crippen LogP contribution in [0.1, 0.15) is 69.6 Å². The maximum atomic E-state index is 12.8. The van der Waals surface area contributed by atoms with Crippen LogP contribution in [-0.2, 0) is 24.0 Å². The summed E-state index contributed by atoms with van der Waals surface area (Å²) >= 11 is 8.14. The zero-order chi connectivity index (χ0) is 44.0. The average molecular weight is 924 g/mol. The molecule has 0 radical (unpaired) electrons. The Morgan fingerprint density at radius 2 is 1.42 bits per heavy atom. The van der Waals surface area contributed by atoms with Crippen LogP contribution in [0.15, 0.2) is 27.2 Å². The normalized spacial score (nSPS) is 27.3. The van der Waals surface area contributed by atoms with Crippen LogP contribution < -0.4 is 48.5 Å². The Morgan fingerprint density at radius 3 is 1.98 bits per heavy atom. The van der Waals surface area contributed by atoms with Gasteiger partial charge in [0.1, 0.15) is 18.9 Å². The van der Waals surface area contributed by atoms with Crippen molar-refractivity contribution in [1.29, 1.82) is 0 Å². The number of nitrogens with one attached hydrogen (secondary N) is 8. The van der Waals surface area contributed by atoms with Gasteiger partial charge in [0, 0.05) is 98.1 Å². The molecule has 6 rings (SSSR count). The highest BCUT2D eigenvalue weighted by atomic mass is 32.2. The van der Waals surface area contributed by atoms with Crippen LogP contribution >= 0.6 is 36.2 Å². The Kier molecular flexibility index (Phi) is 17.8. The molecule has 342 valence electrons. The standard InChI is InChI=1S/C38H57N11O10S3/c50-29(7-3-1-5-27-33-23(20-61-27)42-36(54)44-33)39-11-14-48(15-12-40-30(51)8-4-2-6-28-34-24(21-62-28)43-37(55)45-34)16-13-41-31(52)10-9-22-18-49(38(56)46-35(22)53)32-17-26(60)25(59-32)19-58-47-57/h9-10,18,23-28,32-34,60H,1-8,11-17,19-21H2,(H,39,50)(H,40,51)(H,41,52)(H2,42,44,54)(H2,43,45,55)(H,46,53,56)/b10-9+. The summed E-state index contributed by atoms with van der Waals surface area (Å²) in [7, 11) is 0. The molecule has 6 heterocycles. The lowest BCUT2D eigenvalue weighted by Gasteiger charge is -2.23. The summed E-state index contributed by atoms with van der Waals surface area (Å²) in [6.07, 6.45) is 8.50. The number of rotatable bonds is 25. The maximum absolute atomic E-state index is 12.8. The first-order chi connectivity index (χ1) is 30.0. The number of ether oxygens (including phenoxy) is 1. The number of nitrogens with zero attached hydrogens (tertiary/aromatic N) is 3. The number of H-pyrrole nitrogens is 1. The third-order valence-electron chi connectivity index (χ3n) is 11.6. The first-order valence-electron chi connectivity index (χ1n) is 21.2. The predicted octanol–water partition coefficient (Wildman–Crippen LogP) is -0.0641. The van der Waals surface area contributed by atoms with Crippen molar-refractivity contribution < 1.29 is 33.5 Å².